The minimum Gasteiger partial charge on any atom is -0.316 e. The molecule has 0 fully saturated rings. The second kappa shape index (κ2) is 6.39. The van der Waals surface area contributed by atoms with E-state index < -0.39 is 0 Å². The fourth-order valence-electron chi connectivity index (χ4n) is 0.968. The van der Waals surface area contributed by atoms with Gasteiger partial charge in [-0.1, -0.05) is 34.6 Å². The maximum Gasteiger partial charge on any atom is 0.00769 e. The van der Waals surface area contributed by atoms with Crippen LogP contribution in [0.15, 0.2) is 0 Å². The molecule has 2 heteroatoms. The molecule has 0 spiro atoms. The van der Waals surface area contributed by atoms with Crippen molar-refractivity contribution in [1.29, 1.82) is 0 Å². The second-order valence-electron chi connectivity index (χ2n) is 4.67. The molecular formula is C11H26N2. The lowest BCUT2D eigenvalue weighted by Gasteiger charge is -2.29. The summed E-state index contributed by atoms with van der Waals surface area (Å²) in [5.41, 5.74) is 0.409. The van der Waals surface area contributed by atoms with E-state index in [0.29, 0.717) is 5.41 Å². The SMILES string of the molecule is CCNCCNCC(C)(C)C(C)C. The van der Waals surface area contributed by atoms with Gasteiger partial charge >= 0.3 is 0 Å². The molecule has 0 aromatic heterocycles. The molecular weight excluding hydrogens is 160 g/mol. The average molecular weight is 186 g/mol. The van der Waals surface area contributed by atoms with Gasteiger partial charge in [-0.25, -0.2) is 0 Å². The molecule has 0 heterocycles. The van der Waals surface area contributed by atoms with Crippen molar-refractivity contribution < 1.29 is 0 Å². The maximum atomic E-state index is 3.48. The Morgan fingerprint density at radius 1 is 1.08 bits per heavy atom. The van der Waals surface area contributed by atoms with Gasteiger partial charge in [0.05, 0.1) is 0 Å². The predicted molar refractivity (Wildman–Crippen MR) is 60.0 cm³/mol. The Balaban J connectivity index is 3.41. The van der Waals surface area contributed by atoms with Crippen molar-refractivity contribution >= 4 is 0 Å². The van der Waals surface area contributed by atoms with E-state index in [1.165, 1.54) is 0 Å². The quantitative estimate of drug-likeness (QED) is 0.593. The van der Waals surface area contributed by atoms with Gasteiger partial charge < -0.3 is 10.6 Å². The largest absolute Gasteiger partial charge is 0.316 e. The summed E-state index contributed by atoms with van der Waals surface area (Å²) in [6, 6.07) is 0. The third-order valence-electron chi connectivity index (χ3n) is 2.87. The van der Waals surface area contributed by atoms with E-state index in [4.69, 9.17) is 0 Å². The number of nitrogens with one attached hydrogen (secondary N) is 2. The number of rotatable bonds is 7. The minimum atomic E-state index is 0.409. The highest BCUT2D eigenvalue weighted by atomic mass is 14.9. The zero-order chi connectivity index (χ0) is 10.3. The molecule has 0 atom stereocenters. The zero-order valence-electron chi connectivity index (χ0n) is 9.91. The van der Waals surface area contributed by atoms with Crippen LogP contribution in [0, 0.1) is 11.3 Å². The first-order valence-corrected chi connectivity index (χ1v) is 5.42. The molecule has 2 N–H and O–H groups in total. The molecule has 0 aliphatic heterocycles. The van der Waals surface area contributed by atoms with Crippen molar-refractivity contribution in [2.45, 2.75) is 34.6 Å². The molecule has 0 bridgehead atoms. The molecule has 0 amide bonds. The smallest absolute Gasteiger partial charge is 0.00769 e. The van der Waals surface area contributed by atoms with Gasteiger partial charge in [-0.05, 0) is 17.9 Å². The molecule has 13 heavy (non-hydrogen) atoms. The number of hydrogen-bond acceptors (Lipinski definition) is 2. The van der Waals surface area contributed by atoms with Crippen LogP contribution in [0.25, 0.3) is 0 Å². The molecule has 0 saturated carbocycles. The summed E-state index contributed by atoms with van der Waals surface area (Å²) in [6.07, 6.45) is 0. The predicted octanol–water partition coefficient (Wildman–Crippen LogP) is 1.87. The minimum absolute atomic E-state index is 0.409. The zero-order valence-corrected chi connectivity index (χ0v) is 9.91. The second-order valence-corrected chi connectivity index (χ2v) is 4.67. The lowest BCUT2D eigenvalue weighted by molar-refractivity contribution is 0.239. The van der Waals surface area contributed by atoms with Gasteiger partial charge in [0.15, 0.2) is 0 Å². The summed E-state index contributed by atoms with van der Waals surface area (Å²) in [5.74, 6) is 0.735. The van der Waals surface area contributed by atoms with E-state index in [2.05, 4.69) is 45.3 Å². The highest BCUT2D eigenvalue weighted by Crippen LogP contribution is 2.24. The van der Waals surface area contributed by atoms with Crippen molar-refractivity contribution in [3.05, 3.63) is 0 Å². The summed E-state index contributed by atoms with van der Waals surface area (Å²) >= 11 is 0. The van der Waals surface area contributed by atoms with Crippen LogP contribution in [0.2, 0.25) is 0 Å². The van der Waals surface area contributed by atoms with E-state index in [-0.39, 0.29) is 0 Å². The van der Waals surface area contributed by atoms with Crippen LogP contribution in [0.3, 0.4) is 0 Å². The fourth-order valence-corrected chi connectivity index (χ4v) is 0.968. The third-order valence-corrected chi connectivity index (χ3v) is 2.87. The lowest BCUT2D eigenvalue weighted by atomic mass is 9.81. The molecule has 0 saturated heterocycles. The van der Waals surface area contributed by atoms with Crippen LogP contribution < -0.4 is 10.6 Å². The Kier molecular flexibility index (Phi) is 6.35. The van der Waals surface area contributed by atoms with Gasteiger partial charge in [0, 0.05) is 19.6 Å². The van der Waals surface area contributed by atoms with E-state index in [9.17, 15) is 0 Å². The first kappa shape index (κ1) is 12.9. The van der Waals surface area contributed by atoms with Gasteiger partial charge in [0.25, 0.3) is 0 Å². The molecule has 0 aliphatic rings. The third kappa shape index (κ3) is 6.05. The van der Waals surface area contributed by atoms with Gasteiger partial charge in [0.1, 0.15) is 0 Å². The normalized spacial score (nSPS) is 12.5. The first-order chi connectivity index (χ1) is 6.00. The van der Waals surface area contributed by atoms with Gasteiger partial charge in [0.2, 0.25) is 0 Å². The Labute approximate surface area is 83.5 Å². The fraction of sp³-hybridized carbons (Fsp3) is 1.00. The molecule has 0 aromatic carbocycles. The van der Waals surface area contributed by atoms with Crippen LogP contribution >= 0.6 is 0 Å². The Morgan fingerprint density at radius 3 is 2.08 bits per heavy atom. The highest BCUT2D eigenvalue weighted by Gasteiger charge is 2.21. The van der Waals surface area contributed by atoms with Crippen LogP contribution in [-0.4, -0.2) is 26.2 Å². The van der Waals surface area contributed by atoms with Crippen molar-refractivity contribution in [2.75, 3.05) is 26.2 Å². The molecule has 0 rings (SSSR count). The van der Waals surface area contributed by atoms with Crippen molar-refractivity contribution in [2.24, 2.45) is 11.3 Å². The Morgan fingerprint density at radius 2 is 1.62 bits per heavy atom. The van der Waals surface area contributed by atoms with Crippen LogP contribution in [0.5, 0.6) is 0 Å². The summed E-state index contributed by atoms with van der Waals surface area (Å²) in [7, 11) is 0. The maximum absolute atomic E-state index is 3.48. The number of likely N-dealkylation sites (N-methyl/N-ethyl adjacent to an activating group) is 1. The van der Waals surface area contributed by atoms with E-state index in [1.807, 2.05) is 0 Å². The van der Waals surface area contributed by atoms with Gasteiger partial charge in [-0.3, -0.25) is 0 Å². The average Bonchev–Trinajstić information content (AvgIpc) is 2.03. The molecule has 0 radical (unpaired) electrons. The van der Waals surface area contributed by atoms with Crippen LogP contribution in [-0.2, 0) is 0 Å². The molecule has 80 valence electrons. The first-order valence-electron chi connectivity index (χ1n) is 5.42. The summed E-state index contributed by atoms with van der Waals surface area (Å²) < 4.78 is 0. The standard InChI is InChI=1S/C11H26N2/c1-6-12-7-8-13-9-11(4,5)10(2)3/h10,12-13H,6-9H2,1-5H3. The molecule has 0 aromatic rings. The molecule has 2 nitrogen and oxygen atoms in total. The Bertz CT molecular complexity index is 119. The van der Waals surface area contributed by atoms with Crippen molar-refractivity contribution in [3.63, 3.8) is 0 Å². The lowest BCUT2D eigenvalue weighted by Crippen LogP contribution is -2.36. The number of hydrogen-bond donors (Lipinski definition) is 2. The van der Waals surface area contributed by atoms with E-state index >= 15 is 0 Å². The summed E-state index contributed by atoms with van der Waals surface area (Å²) in [6.45, 7) is 15.7. The van der Waals surface area contributed by atoms with Crippen LogP contribution in [0.1, 0.15) is 34.6 Å². The topological polar surface area (TPSA) is 24.1 Å². The van der Waals surface area contributed by atoms with Gasteiger partial charge in [-0.15, -0.1) is 0 Å². The van der Waals surface area contributed by atoms with E-state index in [1.54, 1.807) is 0 Å². The molecule has 0 aliphatic carbocycles. The summed E-state index contributed by atoms with van der Waals surface area (Å²) in [4.78, 5) is 0. The molecule has 0 unspecified atom stereocenters. The van der Waals surface area contributed by atoms with Crippen LogP contribution in [0.4, 0.5) is 0 Å². The highest BCUT2D eigenvalue weighted by molar-refractivity contribution is 4.74. The summed E-state index contributed by atoms with van der Waals surface area (Å²) in [5, 5.41) is 6.78. The van der Waals surface area contributed by atoms with E-state index in [0.717, 1.165) is 32.1 Å². The van der Waals surface area contributed by atoms with Crippen molar-refractivity contribution in [3.8, 4) is 0 Å². The Hall–Kier alpha value is -0.0800. The van der Waals surface area contributed by atoms with Crippen molar-refractivity contribution in [1.82, 2.24) is 10.6 Å². The monoisotopic (exact) mass is 186 g/mol. The van der Waals surface area contributed by atoms with Gasteiger partial charge in [-0.2, -0.15) is 0 Å².